The van der Waals surface area contributed by atoms with Gasteiger partial charge in [-0.25, -0.2) is 4.39 Å². The van der Waals surface area contributed by atoms with Gasteiger partial charge in [0.05, 0.1) is 5.54 Å². The van der Waals surface area contributed by atoms with Gasteiger partial charge in [-0.05, 0) is 38.5 Å². The van der Waals surface area contributed by atoms with E-state index in [0.717, 1.165) is 12.8 Å². The highest BCUT2D eigenvalue weighted by molar-refractivity contribution is 5.11. The Morgan fingerprint density at radius 2 is 2.15 bits per heavy atom. The van der Waals surface area contributed by atoms with Crippen LogP contribution in [0.5, 0.6) is 0 Å². The summed E-state index contributed by atoms with van der Waals surface area (Å²) in [7, 11) is 0. The lowest BCUT2D eigenvalue weighted by Crippen LogP contribution is -2.67. The van der Waals surface area contributed by atoms with Gasteiger partial charge in [0.2, 0.25) is 0 Å². The van der Waals surface area contributed by atoms with Crippen LogP contribution in [0.15, 0.2) is 0 Å². The Balaban J connectivity index is 2.01. The minimum Gasteiger partial charge on any atom is -0.244 e. The number of hydrogen-bond donors (Lipinski definition) is 0. The Hall–Kier alpha value is -0.150. The number of hydroxylamine groups is 2. The first-order valence-electron chi connectivity index (χ1n) is 5.16. The highest BCUT2D eigenvalue weighted by Crippen LogP contribution is 2.57. The summed E-state index contributed by atoms with van der Waals surface area (Å²) in [6, 6.07) is -0.0174. The molecule has 4 atom stereocenters. The van der Waals surface area contributed by atoms with Gasteiger partial charge in [-0.1, -0.05) is 0 Å². The van der Waals surface area contributed by atoms with E-state index >= 15 is 0 Å². The fourth-order valence-electron chi connectivity index (χ4n) is 4.04. The van der Waals surface area contributed by atoms with Crippen molar-refractivity contribution in [1.82, 2.24) is 5.06 Å². The quantitative estimate of drug-likeness (QED) is 0.565. The maximum Gasteiger partial charge on any atom is 0.114 e. The molecule has 3 heteroatoms. The van der Waals surface area contributed by atoms with Crippen molar-refractivity contribution in [1.29, 1.82) is 0 Å². The van der Waals surface area contributed by atoms with E-state index in [1.54, 1.807) is 0 Å². The van der Waals surface area contributed by atoms with Gasteiger partial charge in [-0.15, -0.1) is 10.3 Å². The molecule has 0 aromatic rings. The number of piperidine rings is 2. The van der Waals surface area contributed by atoms with Gasteiger partial charge >= 0.3 is 0 Å². The molecule has 1 radical (unpaired) electrons. The number of alkyl halides is 1. The molecule has 4 bridgehead atoms. The van der Waals surface area contributed by atoms with E-state index in [2.05, 4.69) is 0 Å². The summed E-state index contributed by atoms with van der Waals surface area (Å²) >= 11 is 0. The number of rotatable bonds is 0. The molecule has 4 rings (SSSR count). The van der Waals surface area contributed by atoms with Crippen molar-refractivity contribution in [2.45, 2.75) is 56.3 Å². The zero-order valence-electron chi connectivity index (χ0n) is 7.92. The monoisotopic (exact) mass is 184 g/mol. The summed E-state index contributed by atoms with van der Waals surface area (Å²) in [5.74, 6) is 0.479. The van der Waals surface area contributed by atoms with Crippen LogP contribution in [-0.2, 0) is 5.21 Å². The average molecular weight is 184 g/mol. The second-order valence-electron chi connectivity index (χ2n) is 5.52. The summed E-state index contributed by atoms with van der Waals surface area (Å²) in [5, 5.41) is 13.0. The summed E-state index contributed by atoms with van der Waals surface area (Å²) in [4.78, 5) is 0. The molecule has 2 aliphatic heterocycles. The van der Waals surface area contributed by atoms with E-state index in [1.807, 2.05) is 6.92 Å². The molecule has 2 saturated carbocycles. The van der Waals surface area contributed by atoms with Crippen molar-refractivity contribution in [3.63, 3.8) is 0 Å². The SMILES string of the molecule is C[C@]12C[C@H]3C[C@H](C[C@](F)(C3)C1)N2[O]. The van der Waals surface area contributed by atoms with Crippen molar-refractivity contribution < 1.29 is 9.60 Å². The summed E-state index contributed by atoms with van der Waals surface area (Å²) in [5.41, 5.74) is -1.37. The first kappa shape index (κ1) is 8.18. The second kappa shape index (κ2) is 2.09. The Labute approximate surface area is 77.7 Å². The molecule has 2 aliphatic carbocycles. The minimum atomic E-state index is -0.999. The van der Waals surface area contributed by atoms with Gasteiger partial charge < -0.3 is 0 Å². The molecule has 0 spiro atoms. The van der Waals surface area contributed by atoms with Crippen LogP contribution < -0.4 is 0 Å². The Bertz CT molecular complexity index is 259. The smallest absolute Gasteiger partial charge is 0.114 e. The molecule has 2 heterocycles. The van der Waals surface area contributed by atoms with E-state index in [-0.39, 0.29) is 11.6 Å². The maximum atomic E-state index is 14.1. The van der Waals surface area contributed by atoms with E-state index in [4.69, 9.17) is 0 Å². The standard InChI is InChI=1S/C10H15FNO/c1-9-3-7-2-8(12(9)13)5-10(11,4-7)6-9/h7-8H,2-6H2,1H3/t7-,8-,9+,10-/m1/s1. The Morgan fingerprint density at radius 3 is 2.77 bits per heavy atom. The molecule has 13 heavy (non-hydrogen) atoms. The summed E-state index contributed by atoms with van der Waals surface area (Å²) in [6.45, 7) is 1.94. The molecule has 4 aliphatic rings. The second-order valence-corrected chi connectivity index (χ2v) is 5.52. The van der Waals surface area contributed by atoms with Crippen molar-refractivity contribution in [2.75, 3.05) is 0 Å². The van der Waals surface area contributed by atoms with Crippen LogP contribution in [0, 0.1) is 5.92 Å². The van der Waals surface area contributed by atoms with Crippen LogP contribution in [0.25, 0.3) is 0 Å². The zero-order chi connectivity index (χ0) is 9.27. The van der Waals surface area contributed by atoms with Crippen molar-refractivity contribution in [3.05, 3.63) is 0 Å². The lowest BCUT2D eigenvalue weighted by molar-refractivity contribution is -0.322. The topological polar surface area (TPSA) is 23.1 Å². The van der Waals surface area contributed by atoms with Gasteiger partial charge in [0.15, 0.2) is 0 Å². The molecular weight excluding hydrogens is 169 g/mol. The molecule has 2 nitrogen and oxygen atoms in total. The number of hydrogen-bond acceptors (Lipinski definition) is 1. The van der Waals surface area contributed by atoms with E-state index in [0.29, 0.717) is 25.2 Å². The summed E-state index contributed by atoms with van der Waals surface area (Å²) in [6.07, 6.45) is 3.52. The molecular formula is C10H15FNO. The van der Waals surface area contributed by atoms with Crippen molar-refractivity contribution in [2.24, 2.45) is 5.92 Å². The molecule has 73 valence electrons. The van der Waals surface area contributed by atoms with Crippen LogP contribution in [0.3, 0.4) is 0 Å². The van der Waals surface area contributed by atoms with Crippen LogP contribution in [-0.4, -0.2) is 22.3 Å². The molecule has 0 N–H and O–H groups in total. The summed E-state index contributed by atoms with van der Waals surface area (Å²) < 4.78 is 14.1. The predicted molar refractivity (Wildman–Crippen MR) is 45.1 cm³/mol. The third-order valence-electron chi connectivity index (χ3n) is 4.15. The van der Waals surface area contributed by atoms with Crippen LogP contribution >= 0.6 is 0 Å². The fraction of sp³-hybridized carbons (Fsp3) is 1.00. The molecule has 4 fully saturated rings. The number of nitrogens with zero attached hydrogens (tertiary/aromatic N) is 1. The van der Waals surface area contributed by atoms with Gasteiger partial charge in [-0.3, -0.25) is 0 Å². The Morgan fingerprint density at radius 1 is 1.38 bits per heavy atom. The lowest BCUT2D eigenvalue weighted by Gasteiger charge is -2.60. The molecule has 0 aromatic carbocycles. The van der Waals surface area contributed by atoms with Crippen LogP contribution in [0.4, 0.5) is 4.39 Å². The van der Waals surface area contributed by atoms with E-state index in [1.165, 1.54) is 5.06 Å². The zero-order valence-corrected chi connectivity index (χ0v) is 7.92. The normalized spacial score (nSPS) is 60.2. The fourth-order valence-corrected chi connectivity index (χ4v) is 4.04. The van der Waals surface area contributed by atoms with Crippen LogP contribution in [0.1, 0.15) is 39.0 Å². The van der Waals surface area contributed by atoms with E-state index < -0.39 is 5.67 Å². The lowest BCUT2D eigenvalue weighted by atomic mass is 9.58. The number of halogens is 1. The molecule has 0 aromatic heterocycles. The van der Waals surface area contributed by atoms with Gasteiger partial charge in [-0.2, -0.15) is 0 Å². The van der Waals surface area contributed by atoms with Gasteiger partial charge in [0.25, 0.3) is 0 Å². The molecule has 2 saturated heterocycles. The highest BCUT2D eigenvalue weighted by Gasteiger charge is 2.60. The van der Waals surface area contributed by atoms with Crippen molar-refractivity contribution in [3.8, 4) is 0 Å². The first-order valence-corrected chi connectivity index (χ1v) is 5.16. The maximum absolute atomic E-state index is 14.1. The van der Waals surface area contributed by atoms with Gasteiger partial charge in [0.1, 0.15) is 5.67 Å². The first-order chi connectivity index (χ1) is 6.01. The molecule has 0 amide bonds. The minimum absolute atomic E-state index is 0.0174. The van der Waals surface area contributed by atoms with Crippen molar-refractivity contribution >= 4 is 0 Å². The third kappa shape index (κ3) is 0.947. The Kier molecular flexibility index (Phi) is 1.31. The van der Waals surface area contributed by atoms with E-state index in [9.17, 15) is 9.60 Å². The third-order valence-corrected chi connectivity index (χ3v) is 4.15. The van der Waals surface area contributed by atoms with Gasteiger partial charge in [0, 0.05) is 12.5 Å². The highest BCUT2D eigenvalue weighted by atomic mass is 19.1. The predicted octanol–water partition coefficient (Wildman–Crippen LogP) is 2.08. The molecule has 0 unspecified atom stereocenters. The average Bonchev–Trinajstić information content (AvgIpc) is 1.96. The van der Waals surface area contributed by atoms with Crippen LogP contribution in [0.2, 0.25) is 0 Å². The largest absolute Gasteiger partial charge is 0.244 e.